The third-order valence-electron chi connectivity index (χ3n) is 5.40. The van der Waals surface area contributed by atoms with E-state index in [1.807, 2.05) is 18.2 Å². The lowest BCUT2D eigenvalue weighted by molar-refractivity contribution is 0.252. The minimum Gasteiger partial charge on any atom is -0.371 e. The van der Waals surface area contributed by atoms with Crippen LogP contribution in [0.4, 0.5) is 16.2 Å². The number of nitrogens with one attached hydrogen (secondary N) is 2. The summed E-state index contributed by atoms with van der Waals surface area (Å²) in [6.45, 7) is 2.58. The van der Waals surface area contributed by atoms with Gasteiger partial charge in [-0.3, -0.25) is 9.13 Å². The van der Waals surface area contributed by atoms with Crippen LogP contribution >= 0.6 is 0 Å². The van der Waals surface area contributed by atoms with Crippen LogP contribution < -0.4 is 21.2 Å². The molecule has 0 unspecified atom stereocenters. The van der Waals surface area contributed by atoms with Crippen LogP contribution in [0.1, 0.15) is 12.0 Å². The van der Waals surface area contributed by atoms with E-state index in [-0.39, 0.29) is 11.7 Å². The molecule has 0 saturated heterocycles. The molecule has 4 rings (SSSR count). The fraction of sp³-hybridized carbons (Fsp3) is 0.333. The van der Waals surface area contributed by atoms with Crippen molar-refractivity contribution in [2.45, 2.75) is 12.8 Å². The lowest BCUT2D eigenvalue weighted by Gasteiger charge is -2.19. The van der Waals surface area contributed by atoms with Gasteiger partial charge in [0.2, 0.25) is 0 Å². The van der Waals surface area contributed by atoms with E-state index in [2.05, 4.69) is 39.8 Å². The number of aromatic nitrogens is 2. The van der Waals surface area contributed by atoms with E-state index in [1.54, 1.807) is 23.2 Å². The zero-order valence-electron chi connectivity index (χ0n) is 16.2. The van der Waals surface area contributed by atoms with Gasteiger partial charge in [0, 0.05) is 45.1 Å². The second kappa shape index (κ2) is 7.42. The van der Waals surface area contributed by atoms with Crippen molar-refractivity contribution in [1.82, 2.24) is 14.5 Å². The lowest BCUT2D eigenvalue weighted by Crippen LogP contribution is -2.32. The Hall–Kier alpha value is -3.22. The predicted molar refractivity (Wildman–Crippen MR) is 112 cm³/mol. The van der Waals surface area contributed by atoms with Crippen molar-refractivity contribution < 1.29 is 4.79 Å². The van der Waals surface area contributed by atoms with Crippen molar-refractivity contribution >= 4 is 28.4 Å². The fourth-order valence-electron chi connectivity index (χ4n) is 3.87. The summed E-state index contributed by atoms with van der Waals surface area (Å²) in [5.74, 6) is 0. The predicted octanol–water partition coefficient (Wildman–Crippen LogP) is 2.45. The van der Waals surface area contributed by atoms with Crippen LogP contribution in [0.5, 0.6) is 0 Å². The number of amides is 2. The molecule has 146 valence electrons. The van der Waals surface area contributed by atoms with Gasteiger partial charge in [-0.1, -0.05) is 18.2 Å². The number of para-hydroxylation sites is 1. The molecule has 7 heteroatoms. The van der Waals surface area contributed by atoms with Gasteiger partial charge >= 0.3 is 11.7 Å². The first-order chi connectivity index (χ1) is 13.5. The number of hydrogen-bond acceptors (Lipinski definition) is 3. The molecule has 3 aromatic rings. The van der Waals surface area contributed by atoms with E-state index in [4.69, 9.17) is 0 Å². The van der Waals surface area contributed by atoms with Crippen molar-refractivity contribution in [1.29, 1.82) is 0 Å². The van der Waals surface area contributed by atoms with Crippen molar-refractivity contribution in [3.63, 3.8) is 0 Å². The molecule has 0 fully saturated rings. The SMILES string of the molecule is Cn1c(=O)n(C)c2cc(NC(=O)NCCCN3CCc4ccccc43)ccc21. The first kappa shape index (κ1) is 18.2. The quantitative estimate of drug-likeness (QED) is 0.669. The number of nitrogens with zero attached hydrogens (tertiary/aromatic N) is 3. The van der Waals surface area contributed by atoms with E-state index < -0.39 is 0 Å². The first-order valence-electron chi connectivity index (χ1n) is 9.58. The van der Waals surface area contributed by atoms with Crippen LogP contribution in [0.2, 0.25) is 0 Å². The summed E-state index contributed by atoms with van der Waals surface area (Å²) in [7, 11) is 3.47. The van der Waals surface area contributed by atoms with E-state index in [9.17, 15) is 9.59 Å². The van der Waals surface area contributed by atoms with Crippen LogP contribution in [-0.2, 0) is 20.5 Å². The molecule has 2 N–H and O–H groups in total. The molecule has 0 atom stereocenters. The summed E-state index contributed by atoms with van der Waals surface area (Å²) < 4.78 is 3.17. The van der Waals surface area contributed by atoms with Crippen molar-refractivity contribution in [2.75, 3.05) is 29.9 Å². The number of anilines is 2. The molecule has 1 aliphatic heterocycles. The third kappa shape index (κ3) is 3.35. The Balaban J connectivity index is 1.29. The number of carbonyl (C=O) groups is 1. The fourth-order valence-corrected chi connectivity index (χ4v) is 3.87. The second-order valence-electron chi connectivity index (χ2n) is 7.20. The largest absolute Gasteiger partial charge is 0.371 e. The van der Waals surface area contributed by atoms with Gasteiger partial charge in [-0.15, -0.1) is 0 Å². The number of fused-ring (bicyclic) bond motifs is 2. The Morgan fingerprint density at radius 1 is 1.07 bits per heavy atom. The number of hydrogen-bond donors (Lipinski definition) is 2. The highest BCUT2D eigenvalue weighted by Gasteiger charge is 2.17. The number of aryl methyl sites for hydroxylation is 2. The summed E-state index contributed by atoms with van der Waals surface area (Å²) in [5, 5.41) is 5.75. The highest BCUT2D eigenvalue weighted by molar-refractivity contribution is 5.92. The molecule has 1 aliphatic rings. The molecule has 1 aromatic heterocycles. The zero-order valence-corrected chi connectivity index (χ0v) is 16.2. The number of benzene rings is 2. The normalized spacial score (nSPS) is 13.0. The molecular formula is C21H25N5O2. The molecule has 2 heterocycles. The second-order valence-corrected chi connectivity index (χ2v) is 7.20. The maximum atomic E-state index is 12.2. The minimum atomic E-state index is -0.234. The maximum absolute atomic E-state index is 12.2. The minimum absolute atomic E-state index is 0.0833. The number of carbonyl (C=O) groups excluding carboxylic acids is 1. The topological polar surface area (TPSA) is 71.3 Å². The summed E-state index contributed by atoms with van der Waals surface area (Å²) in [5.41, 5.74) is 4.93. The molecule has 2 aromatic carbocycles. The molecule has 0 radical (unpaired) electrons. The summed E-state index contributed by atoms with van der Waals surface area (Å²) in [4.78, 5) is 26.6. The van der Waals surface area contributed by atoms with Crippen LogP contribution in [0, 0.1) is 0 Å². The third-order valence-corrected chi connectivity index (χ3v) is 5.40. The summed E-state index contributed by atoms with van der Waals surface area (Å²) in [6.07, 6.45) is 1.97. The van der Waals surface area contributed by atoms with E-state index in [0.717, 1.165) is 37.0 Å². The van der Waals surface area contributed by atoms with Crippen molar-refractivity contribution in [3.05, 3.63) is 58.5 Å². The van der Waals surface area contributed by atoms with Crippen LogP contribution in [0.3, 0.4) is 0 Å². The van der Waals surface area contributed by atoms with Gasteiger partial charge in [0.25, 0.3) is 0 Å². The van der Waals surface area contributed by atoms with Gasteiger partial charge < -0.3 is 15.5 Å². The van der Waals surface area contributed by atoms with Gasteiger partial charge in [-0.2, -0.15) is 0 Å². The number of urea groups is 1. The summed E-state index contributed by atoms with van der Waals surface area (Å²) in [6, 6.07) is 13.7. The molecule has 2 amide bonds. The molecule has 28 heavy (non-hydrogen) atoms. The number of imidazole rings is 1. The van der Waals surface area contributed by atoms with E-state index in [1.165, 1.54) is 11.3 Å². The van der Waals surface area contributed by atoms with Gasteiger partial charge in [-0.05, 0) is 42.7 Å². The first-order valence-corrected chi connectivity index (χ1v) is 9.58. The van der Waals surface area contributed by atoms with Crippen LogP contribution in [0.15, 0.2) is 47.3 Å². The highest BCUT2D eigenvalue weighted by atomic mass is 16.2. The molecule has 0 bridgehead atoms. The van der Waals surface area contributed by atoms with Crippen LogP contribution in [0.25, 0.3) is 11.0 Å². The maximum Gasteiger partial charge on any atom is 0.328 e. The Morgan fingerprint density at radius 3 is 2.71 bits per heavy atom. The molecular weight excluding hydrogens is 354 g/mol. The lowest BCUT2D eigenvalue weighted by atomic mass is 10.2. The molecule has 0 saturated carbocycles. The van der Waals surface area contributed by atoms with Crippen LogP contribution in [-0.4, -0.2) is 34.8 Å². The summed E-state index contributed by atoms with van der Waals surface area (Å²) >= 11 is 0. The smallest absolute Gasteiger partial charge is 0.328 e. The monoisotopic (exact) mass is 379 g/mol. The Labute approximate surface area is 163 Å². The molecule has 7 nitrogen and oxygen atoms in total. The average molecular weight is 379 g/mol. The Morgan fingerprint density at radius 2 is 1.86 bits per heavy atom. The van der Waals surface area contributed by atoms with Gasteiger partial charge in [-0.25, -0.2) is 9.59 Å². The standard InChI is InChI=1S/C21H25N5O2/c1-24-18-9-8-16(14-19(18)25(2)21(24)28)23-20(27)22-11-5-12-26-13-10-15-6-3-4-7-17(15)26/h3-4,6-9,14H,5,10-13H2,1-2H3,(H2,22,23,27). The van der Waals surface area contributed by atoms with Crippen molar-refractivity contribution in [2.24, 2.45) is 14.1 Å². The highest BCUT2D eigenvalue weighted by Crippen LogP contribution is 2.27. The van der Waals surface area contributed by atoms with Gasteiger partial charge in [0.1, 0.15) is 0 Å². The Kier molecular flexibility index (Phi) is 4.81. The molecule has 0 spiro atoms. The average Bonchev–Trinajstić information content (AvgIpc) is 3.21. The zero-order chi connectivity index (χ0) is 19.7. The Bertz CT molecular complexity index is 1080. The van der Waals surface area contributed by atoms with Crippen molar-refractivity contribution in [3.8, 4) is 0 Å². The molecule has 0 aliphatic carbocycles. The van der Waals surface area contributed by atoms with E-state index >= 15 is 0 Å². The van der Waals surface area contributed by atoms with E-state index in [0.29, 0.717) is 12.2 Å². The van der Waals surface area contributed by atoms with Gasteiger partial charge in [0.05, 0.1) is 11.0 Å². The number of rotatable bonds is 5. The van der Waals surface area contributed by atoms with Gasteiger partial charge in [0.15, 0.2) is 0 Å².